The zero-order valence-corrected chi connectivity index (χ0v) is 21.1. The standard InChI is InChI=1S/C28H29N5O4/c1-32-10-12-33(13-11-32)27(34)22-14-18(8-9-24(22)31-28(35)37-3)19-15-21-23(17-30-26(21)29-16-19)20-6-4-5-7-25(20)36-2/h4-9,14-17H,10-13H2,1-3H3,(H,29,30)(H,31,35). The predicted molar refractivity (Wildman–Crippen MR) is 143 cm³/mol. The number of ether oxygens (including phenoxy) is 2. The maximum Gasteiger partial charge on any atom is 0.411 e. The van der Waals surface area contributed by atoms with Crippen molar-refractivity contribution < 1.29 is 19.1 Å². The molecule has 0 aliphatic carbocycles. The molecular formula is C28H29N5O4. The number of aromatic nitrogens is 2. The van der Waals surface area contributed by atoms with Crippen LogP contribution < -0.4 is 10.1 Å². The lowest BCUT2D eigenvalue weighted by molar-refractivity contribution is 0.0665. The molecule has 2 N–H and O–H groups in total. The number of methoxy groups -OCH3 is 2. The second-order valence-corrected chi connectivity index (χ2v) is 9.00. The van der Waals surface area contributed by atoms with Crippen molar-refractivity contribution in [3.05, 3.63) is 66.5 Å². The maximum atomic E-state index is 13.5. The third-order valence-corrected chi connectivity index (χ3v) is 6.72. The van der Waals surface area contributed by atoms with Crippen molar-refractivity contribution in [2.24, 2.45) is 0 Å². The van der Waals surface area contributed by atoms with Gasteiger partial charge >= 0.3 is 6.09 Å². The predicted octanol–water partition coefficient (Wildman–Crippen LogP) is 4.47. The first-order chi connectivity index (χ1) is 18.0. The quantitative estimate of drug-likeness (QED) is 0.420. The Hall–Kier alpha value is -4.37. The number of aromatic amines is 1. The molecule has 190 valence electrons. The van der Waals surface area contributed by atoms with Crippen molar-refractivity contribution >= 4 is 28.7 Å². The van der Waals surface area contributed by atoms with Crippen LogP contribution in [0.4, 0.5) is 10.5 Å². The molecule has 5 rings (SSSR count). The Balaban J connectivity index is 1.56. The molecule has 9 heteroatoms. The molecule has 0 spiro atoms. The summed E-state index contributed by atoms with van der Waals surface area (Å²) in [5, 5.41) is 3.62. The van der Waals surface area contributed by atoms with E-state index in [1.165, 1.54) is 7.11 Å². The summed E-state index contributed by atoms with van der Waals surface area (Å²) in [7, 11) is 4.99. The minimum Gasteiger partial charge on any atom is -0.496 e. The van der Waals surface area contributed by atoms with Gasteiger partial charge in [0.2, 0.25) is 0 Å². The van der Waals surface area contributed by atoms with Gasteiger partial charge in [-0.05, 0) is 36.9 Å². The Morgan fingerprint density at radius 1 is 0.973 bits per heavy atom. The van der Waals surface area contributed by atoms with E-state index in [4.69, 9.17) is 9.47 Å². The first kappa shape index (κ1) is 24.3. The number of para-hydroxylation sites is 1. The number of anilines is 1. The summed E-state index contributed by atoms with van der Waals surface area (Å²) in [6.07, 6.45) is 3.07. The monoisotopic (exact) mass is 499 g/mol. The minimum absolute atomic E-state index is 0.133. The molecule has 37 heavy (non-hydrogen) atoms. The molecule has 0 unspecified atom stereocenters. The Kier molecular flexibility index (Phi) is 6.78. The fourth-order valence-corrected chi connectivity index (χ4v) is 4.60. The third-order valence-electron chi connectivity index (χ3n) is 6.72. The third kappa shape index (κ3) is 4.85. The lowest BCUT2D eigenvalue weighted by Crippen LogP contribution is -2.47. The molecule has 1 aliphatic rings. The van der Waals surface area contributed by atoms with E-state index < -0.39 is 6.09 Å². The molecule has 0 bridgehead atoms. The molecule has 0 atom stereocenters. The maximum absolute atomic E-state index is 13.5. The van der Waals surface area contributed by atoms with Gasteiger partial charge in [-0.3, -0.25) is 10.1 Å². The van der Waals surface area contributed by atoms with Crippen molar-refractivity contribution in [1.82, 2.24) is 19.8 Å². The van der Waals surface area contributed by atoms with Gasteiger partial charge in [0.15, 0.2) is 0 Å². The molecule has 2 amide bonds. The summed E-state index contributed by atoms with van der Waals surface area (Å²) < 4.78 is 10.3. The number of hydrogen-bond donors (Lipinski definition) is 2. The average molecular weight is 500 g/mol. The van der Waals surface area contributed by atoms with Crippen LogP contribution in [0, 0.1) is 0 Å². The van der Waals surface area contributed by atoms with Gasteiger partial charge in [0.25, 0.3) is 5.91 Å². The molecule has 1 saturated heterocycles. The van der Waals surface area contributed by atoms with Gasteiger partial charge in [0.05, 0.1) is 25.5 Å². The van der Waals surface area contributed by atoms with E-state index in [0.29, 0.717) is 24.3 Å². The number of carbonyl (C=O) groups is 2. The zero-order valence-electron chi connectivity index (χ0n) is 21.1. The fourth-order valence-electron chi connectivity index (χ4n) is 4.60. The molecule has 9 nitrogen and oxygen atoms in total. The van der Waals surface area contributed by atoms with Crippen molar-refractivity contribution in [2.45, 2.75) is 0 Å². The van der Waals surface area contributed by atoms with Crippen LogP contribution in [0.1, 0.15) is 10.4 Å². The number of benzene rings is 2. The van der Waals surface area contributed by atoms with E-state index in [0.717, 1.165) is 52.1 Å². The van der Waals surface area contributed by atoms with Crippen LogP contribution >= 0.6 is 0 Å². The lowest BCUT2D eigenvalue weighted by Gasteiger charge is -2.33. The van der Waals surface area contributed by atoms with E-state index in [1.807, 2.05) is 60.6 Å². The summed E-state index contributed by atoms with van der Waals surface area (Å²) in [5.74, 6) is 0.638. The Bertz CT molecular complexity index is 1460. The number of nitrogens with zero attached hydrogens (tertiary/aromatic N) is 3. The van der Waals surface area contributed by atoms with Crippen molar-refractivity contribution in [2.75, 3.05) is 52.8 Å². The summed E-state index contributed by atoms with van der Waals surface area (Å²) in [6, 6.07) is 15.3. The van der Waals surface area contributed by atoms with E-state index in [9.17, 15) is 9.59 Å². The van der Waals surface area contributed by atoms with Crippen molar-refractivity contribution in [3.8, 4) is 28.0 Å². The number of pyridine rings is 1. The number of likely N-dealkylation sites (N-methyl/N-ethyl adjacent to an activating group) is 1. The van der Waals surface area contributed by atoms with Crippen LogP contribution in [-0.4, -0.2) is 79.2 Å². The van der Waals surface area contributed by atoms with E-state index in [-0.39, 0.29) is 5.91 Å². The van der Waals surface area contributed by atoms with Gasteiger partial charge in [-0.1, -0.05) is 24.3 Å². The number of H-pyrrole nitrogens is 1. The first-order valence-electron chi connectivity index (χ1n) is 12.1. The second-order valence-electron chi connectivity index (χ2n) is 9.00. The minimum atomic E-state index is -0.628. The number of carbonyl (C=O) groups excluding carboxylic acids is 2. The molecule has 1 fully saturated rings. The number of fused-ring (bicyclic) bond motifs is 1. The highest BCUT2D eigenvalue weighted by Crippen LogP contribution is 2.36. The summed E-state index contributed by atoms with van der Waals surface area (Å²) in [4.78, 5) is 37.4. The SMILES string of the molecule is COC(=O)Nc1ccc(-c2cnc3[nH]cc(-c4ccccc4OC)c3c2)cc1C(=O)N1CCN(C)CC1. The second kappa shape index (κ2) is 10.3. The van der Waals surface area contributed by atoms with Crippen LogP contribution in [0.15, 0.2) is 60.9 Å². The van der Waals surface area contributed by atoms with Gasteiger partial charge in [0.1, 0.15) is 11.4 Å². The Morgan fingerprint density at radius 3 is 2.51 bits per heavy atom. The lowest BCUT2D eigenvalue weighted by atomic mass is 9.99. The summed E-state index contributed by atoms with van der Waals surface area (Å²) >= 11 is 0. The van der Waals surface area contributed by atoms with Gasteiger partial charge in [-0.25, -0.2) is 9.78 Å². The van der Waals surface area contributed by atoms with Crippen LogP contribution in [0.25, 0.3) is 33.3 Å². The Labute approximate surface area is 215 Å². The molecule has 2 aromatic heterocycles. The summed E-state index contributed by atoms with van der Waals surface area (Å²) in [5.41, 5.74) is 5.16. The van der Waals surface area contributed by atoms with Gasteiger partial charge in [-0.2, -0.15) is 0 Å². The molecule has 4 aromatic rings. The first-order valence-corrected chi connectivity index (χ1v) is 12.1. The van der Waals surface area contributed by atoms with Gasteiger partial charge in [0, 0.05) is 60.6 Å². The number of nitrogens with one attached hydrogen (secondary N) is 2. The van der Waals surface area contributed by atoms with E-state index in [1.54, 1.807) is 19.4 Å². The topological polar surface area (TPSA) is 99.8 Å². The number of amides is 2. The number of piperazine rings is 1. The molecule has 2 aromatic carbocycles. The smallest absolute Gasteiger partial charge is 0.411 e. The molecular weight excluding hydrogens is 470 g/mol. The molecule has 1 aliphatic heterocycles. The van der Waals surface area contributed by atoms with E-state index >= 15 is 0 Å². The van der Waals surface area contributed by atoms with Crippen molar-refractivity contribution in [3.63, 3.8) is 0 Å². The number of hydrogen-bond acceptors (Lipinski definition) is 6. The zero-order chi connectivity index (χ0) is 25.9. The molecule has 0 radical (unpaired) electrons. The van der Waals surface area contributed by atoms with Crippen LogP contribution in [0.3, 0.4) is 0 Å². The van der Waals surface area contributed by atoms with Crippen molar-refractivity contribution in [1.29, 1.82) is 0 Å². The highest BCUT2D eigenvalue weighted by Gasteiger charge is 2.24. The van der Waals surface area contributed by atoms with Crippen LogP contribution in [-0.2, 0) is 4.74 Å². The molecule has 0 saturated carbocycles. The van der Waals surface area contributed by atoms with Gasteiger partial charge in [-0.15, -0.1) is 0 Å². The highest BCUT2D eigenvalue weighted by molar-refractivity contribution is 6.04. The number of rotatable bonds is 5. The Morgan fingerprint density at radius 2 is 1.76 bits per heavy atom. The van der Waals surface area contributed by atoms with Gasteiger partial charge < -0.3 is 24.3 Å². The largest absolute Gasteiger partial charge is 0.496 e. The van der Waals surface area contributed by atoms with Crippen LogP contribution in [0.2, 0.25) is 0 Å². The normalized spacial score (nSPS) is 14.0. The van der Waals surface area contributed by atoms with Crippen LogP contribution in [0.5, 0.6) is 5.75 Å². The highest BCUT2D eigenvalue weighted by atomic mass is 16.5. The average Bonchev–Trinajstić information content (AvgIpc) is 3.36. The van der Waals surface area contributed by atoms with E-state index in [2.05, 4.69) is 20.2 Å². The fraction of sp³-hybridized carbons (Fsp3) is 0.250. The summed E-state index contributed by atoms with van der Waals surface area (Å²) in [6.45, 7) is 2.84. The molecule has 3 heterocycles.